The van der Waals surface area contributed by atoms with Crippen LogP contribution in [0.2, 0.25) is 0 Å². The second kappa shape index (κ2) is 8.09. The number of thioether (sulfide) groups is 1. The first-order chi connectivity index (χ1) is 12.1. The maximum atomic E-state index is 11.3. The normalized spacial score (nSPS) is 11.6. The van der Waals surface area contributed by atoms with Gasteiger partial charge in [-0.2, -0.15) is 0 Å². The Kier molecular flexibility index (Phi) is 5.62. The van der Waals surface area contributed by atoms with Crippen LogP contribution in [0.25, 0.3) is 6.08 Å². The van der Waals surface area contributed by atoms with Crippen LogP contribution in [0, 0.1) is 0 Å². The summed E-state index contributed by atoms with van der Waals surface area (Å²) in [5.74, 6) is -0.491. The summed E-state index contributed by atoms with van der Waals surface area (Å²) in [6.45, 7) is 1.87. The van der Waals surface area contributed by atoms with Gasteiger partial charge in [-0.3, -0.25) is 0 Å². The van der Waals surface area contributed by atoms with Gasteiger partial charge in [0, 0.05) is 16.2 Å². The quantitative estimate of drug-likeness (QED) is 0.460. The standard InChI is InChI=1S/C17H14N2O4S2/c1-2-14-18-19-17(23-14)25-13(16(20)21)10-11-8-9-15(22-11)24-12-6-4-3-5-7-12/h3-10H,2H2,1H3,(H,20,21)/p-1/b13-10-. The zero-order valence-electron chi connectivity index (χ0n) is 13.2. The van der Waals surface area contributed by atoms with Crippen molar-refractivity contribution in [3.8, 4) is 0 Å². The predicted molar refractivity (Wildman–Crippen MR) is 91.8 cm³/mol. The summed E-state index contributed by atoms with van der Waals surface area (Å²) in [5, 5.41) is 19.7. The molecule has 0 bridgehead atoms. The molecule has 3 rings (SSSR count). The molecule has 0 N–H and O–H groups in total. The van der Waals surface area contributed by atoms with Gasteiger partial charge >= 0.3 is 0 Å². The minimum Gasteiger partial charge on any atom is -0.544 e. The van der Waals surface area contributed by atoms with Gasteiger partial charge in [-0.15, -0.1) is 10.2 Å². The third kappa shape index (κ3) is 4.77. The highest BCUT2D eigenvalue weighted by molar-refractivity contribution is 8.03. The van der Waals surface area contributed by atoms with Crippen LogP contribution in [0.15, 0.2) is 71.4 Å². The highest BCUT2D eigenvalue weighted by Gasteiger charge is 2.11. The molecule has 0 saturated heterocycles. The molecule has 25 heavy (non-hydrogen) atoms. The Morgan fingerprint density at radius 1 is 1.16 bits per heavy atom. The Morgan fingerprint density at radius 3 is 2.64 bits per heavy atom. The minimum atomic E-state index is -1.34. The lowest BCUT2D eigenvalue weighted by atomic mass is 10.4. The van der Waals surface area contributed by atoms with Gasteiger partial charge in [0.2, 0.25) is 5.89 Å². The van der Waals surface area contributed by atoms with Gasteiger partial charge in [-0.1, -0.05) is 36.9 Å². The van der Waals surface area contributed by atoms with E-state index in [-0.39, 0.29) is 10.1 Å². The van der Waals surface area contributed by atoms with Gasteiger partial charge in [0.1, 0.15) is 5.76 Å². The van der Waals surface area contributed by atoms with Crippen LogP contribution < -0.4 is 5.11 Å². The van der Waals surface area contributed by atoms with Crippen molar-refractivity contribution in [2.24, 2.45) is 0 Å². The molecule has 0 fully saturated rings. The molecule has 2 aromatic heterocycles. The maximum Gasteiger partial charge on any atom is 0.281 e. The Labute approximate surface area is 152 Å². The van der Waals surface area contributed by atoms with Crippen molar-refractivity contribution >= 4 is 35.6 Å². The number of hydrogen-bond acceptors (Lipinski definition) is 8. The molecular formula is C17H13N2O4S2-. The lowest BCUT2D eigenvalue weighted by Gasteiger charge is -2.04. The van der Waals surface area contributed by atoms with Crippen molar-refractivity contribution in [1.29, 1.82) is 0 Å². The van der Waals surface area contributed by atoms with Crippen LogP contribution in [-0.4, -0.2) is 16.2 Å². The van der Waals surface area contributed by atoms with Crippen LogP contribution in [0.4, 0.5) is 0 Å². The first-order valence-corrected chi connectivity index (χ1v) is 9.03. The molecule has 0 aliphatic carbocycles. The van der Waals surface area contributed by atoms with E-state index >= 15 is 0 Å². The third-order valence-electron chi connectivity index (χ3n) is 2.99. The van der Waals surface area contributed by atoms with Crippen molar-refractivity contribution in [2.45, 2.75) is 28.6 Å². The van der Waals surface area contributed by atoms with E-state index in [9.17, 15) is 9.90 Å². The van der Waals surface area contributed by atoms with E-state index in [1.54, 1.807) is 12.1 Å². The molecule has 128 valence electrons. The largest absolute Gasteiger partial charge is 0.544 e. The van der Waals surface area contributed by atoms with Crippen LogP contribution >= 0.6 is 23.5 Å². The number of aromatic nitrogens is 2. The highest BCUT2D eigenvalue weighted by Crippen LogP contribution is 2.31. The SMILES string of the molecule is CCc1nnc(S/C(=C\c2ccc(Sc3ccccc3)o2)C(=O)[O-])o1. The van der Waals surface area contributed by atoms with Crippen LogP contribution in [0.5, 0.6) is 0 Å². The van der Waals surface area contributed by atoms with E-state index in [2.05, 4.69) is 10.2 Å². The number of nitrogens with zero attached hydrogens (tertiary/aromatic N) is 2. The number of furan rings is 1. The fourth-order valence-electron chi connectivity index (χ4n) is 1.85. The molecule has 0 amide bonds. The Balaban J connectivity index is 1.75. The Bertz CT molecular complexity index is 887. The third-order valence-corrected chi connectivity index (χ3v) is 4.76. The van der Waals surface area contributed by atoms with E-state index in [4.69, 9.17) is 8.83 Å². The Morgan fingerprint density at radius 2 is 1.96 bits per heavy atom. The molecule has 2 heterocycles. The highest BCUT2D eigenvalue weighted by atomic mass is 32.2. The number of carbonyl (C=O) groups is 1. The second-order valence-corrected chi connectivity index (χ2v) is 6.86. The van der Waals surface area contributed by atoms with E-state index in [1.165, 1.54) is 17.8 Å². The van der Waals surface area contributed by atoms with Crippen LogP contribution in [0.1, 0.15) is 18.6 Å². The summed E-state index contributed by atoms with van der Waals surface area (Å²) in [4.78, 5) is 12.3. The Hall–Kier alpha value is -2.45. The molecule has 3 aromatic rings. The maximum absolute atomic E-state index is 11.3. The zero-order valence-corrected chi connectivity index (χ0v) is 14.8. The van der Waals surface area contributed by atoms with Crippen molar-refractivity contribution < 1.29 is 18.7 Å². The number of carbonyl (C=O) groups excluding carboxylic acids is 1. The molecule has 0 unspecified atom stereocenters. The first-order valence-electron chi connectivity index (χ1n) is 7.40. The topological polar surface area (TPSA) is 92.2 Å². The fraction of sp³-hybridized carbons (Fsp3) is 0.118. The first kappa shape index (κ1) is 17.4. The summed E-state index contributed by atoms with van der Waals surface area (Å²) in [5.41, 5.74) is 0. The molecule has 0 radical (unpaired) electrons. The number of hydrogen-bond donors (Lipinski definition) is 0. The molecule has 0 spiro atoms. The summed E-state index contributed by atoms with van der Waals surface area (Å²) in [7, 11) is 0. The zero-order chi connectivity index (χ0) is 17.6. The number of carboxylic acids is 1. The number of aryl methyl sites for hydroxylation is 1. The van der Waals surface area contributed by atoms with Gasteiger partial charge in [0.05, 0.1) is 5.97 Å². The number of rotatable bonds is 7. The van der Waals surface area contributed by atoms with Crippen molar-refractivity contribution in [3.05, 3.63) is 59.0 Å². The minimum absolute atomic E-state index is 0.0723. The van der Waals surface area contributed by atoms with E-state index in [0.29, 0.717) is 23.2 Å². The average Bonchev–Trinajstić information content (AvgIpc) is 3.24. The molecular weight excluding hydrogens is 360 g/mol. The number of carboxylic acid groups (broad SMARTS) is 1. The molecule has 6 nitrogen and oxygen atoms in total. The van der Waals surface area contributed by atoms with Crippen molar-refractivity contribution in [3.63, 3.8) is 0 Å². The van der Waals surface area contributed by atoms with Gasteiger partial charge in [0.15, 0.2) is 5.09 Å². The van der Waals surface area contributed by atoms with Crippen molar-refractivity contribution in [2.75, 3.05) is 0 Å². The van der Waals surface area contributed by atoms with E-state index in [1.807, 2.05) is 37.3 Å². The lowest BCUT2D eigenvalue weighted by Crippen LogP contribution is -2.22. The molecule has 0 atom stereocenters. The molecule has 0 saturated carbocycles. The van der Waals surface area contributed by atoms with E-state index < -0.39 is 5.97 Å². The van der Waals surface area contributed by atoms with Crippen molar-refractivity contribution in [1.82, 2.24) is 10.2 Å². The second-order valence-electron chi connectivity index (χ2n) is 4.79. The van der Waals surface area contributed by atoms with Crippen LogP contribution in [0.3, 0.4) is 0 Å². The van der Waals surface area contributed by atoms with Gasteiger partial charge in [-0.05, 0) is 42.1 Å². The molecule has 0 aliphatic rings. The van der Waals surface area contributed by atoms with Crippen LogP contribution in [-0.2, 0) is 11.2 Å². The van der Waals surface area contributed by atoms with Gasteiger partial charge in [0.25, 0.3) is 5.22 Å². The molecule has 8 heteroatoms. The summed E-state index contributed by atoms with van der Waals surface area (Å²) in [6, 6.07) is 13.2. The summed E-state index contributed by atoms with van der Waals surface area (Å²) < 4.78 is 11.0. The van der Waals surface area contributed by atoms with Gasteiger partial charge in [-0.25, -0.2) is 0 Å². The monoisotopic (exact) mass is 373 g/mol. The number of benzene rings is 1. The average molecular weight is 373 g/mol. The smallest absolute Gasteiger partial charge is 0.281 e. The number of aliphatic carboxylic acids is 1. The fourth-order valence-corrected chi connectivity index (χ4v) is 3.31. The van der Waals surface area contributed by atoms with Gasteiger partial charge < -0.3 is 18.7 Å². The molecule has 0 aliphatic heterocycles. The van der Waals surface area contributed by atoms with E-state index in [0.717, 1.165) is 16.7 Å². The summed E-state index contributed by atoms with van der Waals surface area (Å²) in [6.07, 6.45) is 1.96. The molecule has 1 aromatic carbocycles. The summed E-state index contributed by atoms with van der Waals surface area (Å²) >= 11 is 2.28. The lowest BCUT2D eigenvalue weighted by molar-refractivity contribution is -0.298. The predicted octanol–water partition coefficient (Wildman–Crippen LogP) is 3.26.